The molecular formula is C49H97N3O4. The number of ether oxygens (including phenoxy) is 2. The average molecular weight is 792 g/mol. The second kappa shape index (κ2) is 39.3. The number of esters is 2. The zero-order chi connectivity index (χ0) is 40.7. The number of carbonyl (C=O) groups excluding carboxylic acids is 2. The monoisotopic (exact) mass is 792 g/mol. The molecule has 7 nitrogen and oxygen atoms in total. The van der Waals surface area contributed by atoms with Gasteiger partial charge in [-0.15, -0.1) is 0 Å². The minimum atomic E-state index is -0.00651. The molecule has 332 valence electrons. The fourth-order valence-corrected chi connectivity index (χ4v) is 8.21. The lowest BCUT2D eigenvalue weighted by atomic mass is 10.0. The van der Waals surface area contributed by atoms with Crippen molar-refractivity contribution in [3.05, 3.63) is 0 Å². The van der Waals surface area contributed by atoms with E-state index in [-0.39, 0.29) is 18.0 Å². The number of unbranched alkanes of at least 4 members (excludes halogenated alkanes) is 22. The summed E-state index contributed by atoms with van der Waals surface area (Å²) in [6, 6.07) is 0.555. The summed E-state index contributed by atoms with van der Waals surface area (Å²) in [4.78, 5) is 32.9. The van der Waals surface area contributed by atoms with Gasteiger partial charge in [0.25, 0.3) is 0 Å². The van der Waals surface area contributed by atoms with Gasteiger partial charge in [-0.3, -0.25) is 19.4 Å². The number of hydrogen-bond donors (Lipinski definition) is 0. The highest BCUT2D eigenvalue weighted by atomic mass is 16.5. The Balaban J connectivity index is 2.37. The minimum absolute atomic E-state index is 0.00651. The van der Waals surface area contributed by atoms with Crippen LogP contribution in [-0.2, 0) is 19.1 Å². The van der Waals surface area contributed by atoms with Crippen LogP contribution >= 0.6 is 0 Å². The molecular weight excluding hydrogens is 695 g/mol. The van der Waals surface area contributed by atoms with Crippen molar-refractivity contribution >= 4 is 11.9 Å². The third kappa shape index (κ3) is 32.7. The molecule has 1 heterocycles. The molecule has 7 heteroatoms. The number of rotatable bonds is 41. The van der Waals surface area contributed by atoms with E-state index in [1.165, 1.54) is 174 Å². The van der Waals surface area contributed by atoms with Gasteiger partial charge in [-0.2, -0.15) is 0 Å². The van der Waals surface area contributed by atoms with Crippen molar-refractivity contribution in [2.75, 3.05) is 59.5 Å². The molecule has 0 aliphatic carbocycles. The van der Waals surface area contributed by atoms with Crippen molar-refractivity contribution in [2.45, 2.75) is 245 Å². The third-order valence-electron chi connectivity index (χ3n) is 12.3. The van der Waals surface area contributed by atoms with Crippen molar-refractivity contribution in [2.24, 2.45) is 0 Å². The predicted octanol–water partition coefficient (Wildman–Crippen LogP) is 12.9. The van der Waals surface area contributed by atoms with Gasteiger partial charge in [0.15, 0.2) is 0 Å². The normalized spacial score (nSPS) is 14.6. The Hall–Kier alpha value is -1.18. The number of nitrogens with zero attached hydrogens (tertiary/aromatic N) is 3. The Morgan fingerprint density at radius 1 is 0.518 bits per heavy atom. The van der Waals surface area contributed by atoms with Gasteiger partial charge in [0, 0.05) is 58.2 Å². The summed E-state index contributed by atoms with van der Waals surface area (Å²) in [5.74, 6) is 0.0298. The lowest BCUT2D eigenvalue weighted by Gasteiger charge is -2.35. The first-order valence-electron chi connectivity index (χ1n) is 24.9. The maximum absolute atomic E-state index is 12.9. The molecule has 1 aliphatic rings. The van der Waals surface area contributed by atoms with Crippen molar-refractivity contribution in [1.82, 2.24) is 14.7 Å². The molecule has 1 aliphatic heterocycles. The van der Waals surface area contributed by atoms with Gasteiger partial charge in [0.2, 0.25) is 0 Å². The number of hydrogen-bond acceptors (Lipinski definition) is 7. The van der Waals surface area contributed by atoms with Crippen molar-refractivity contribution in [1.29, 1.82) is 0 Å². The summed E-state index contributed by atoms with van der Waals surface area (Å²) in [7, 11) is 2.23. The summed E-state index contributed by atoms with van der Waals surface area (Å²) in [5, 5.41) is 0. The molecule has 56 heavy (non-hydrogen) atoms. The van der Waals surface area contributed by atoms with Gasteiger partial charge in [0.1, 0.15) is 6.10 Å². The van der Waals surface area contributed by atoms with E-state index in [2.05, 4.69) is 49.4 Å². The largest absolute Gasteiger partial charge is 0.466 e. The van der Waals surface area contributed by atoms with Crippen LogP contribution in [0, 0.1) is 0 Å². The van der Waals surface area contributed by atoms with E-state index in [9.17, 15) is 9.59 Å². The third-order valence-corrected chi connectivity index (χ3v) is 12.3. The molecule has 0 amide bonds. The summed E-state index contributed by atoms with van der Waals surface area (Å²) < 4.78 is 11.6. The Morgan fingerprint density at radius 3 is 1.54 bits per heavy atom. The highest BCUT2D eigenvalue weighted by Crippen LogP contribution is 2.19. The highest BCUT2D eigenvalue weighted by Gasteiger charge is 2.19. The van der Waals surface area contributed by atoms with Crippen LogP contribution in [0.15, 0.2) is 0 Å². The van der Waals surface area contributed by atoms with Crippen LogP contribution in [0.2, 0.25) is 0 Å². The molecule has 0 N–H and O–H groups in total. The van der Waals surface area contributed by atoms with Crippen molar-refractivity contribution < 1.29 is 19.1 Å². The SMILES string of the molecule is CCCCCCCCCOC(=O)CCCCCCCN(CCN1CCN(C)CC1)C(C)CCCCCC(=O)OC(CCCCCCCC)CCCCCCCC. The maximum atomic E-state index is 12.9. The van der Waals surface area contributed by atoms with E-state index < -0.39 is 0 Å². The topological polar surface area (TPSA) is 62.3 Å². The molecule has 0 radical (unpaired) electrons. The standard InChI is InChI=1S/C49H97N3O4/c1-6-9-12-15-18-24-32-45-55-48(53)36-29-22-19-23-31-38-52(44-43-51-41-39-50(5)40-42-51)46(4)33-26-25-30-37-49(54)56-47(34-27-20-16-13-10-7-2)35-28-21-17-14-11-8-3/h46-47H,6-45H2,1-5H3. The molecule has 0 aromatic heterocycles. The zero-order valence-corrected chi connectivity index (χ0v) is 38.4. The van der Waals surface area contributed by atoms with Gasteiger partial charge >= 0.3 is 11.9 Å². The molecule has 0 spiro atoms. The first-order valence-corrected chi connectivity index (χ1v) is 24.9. The van der Waals surface area contributed by atoms with E-state index in [0.29, 0.717) is 25.5 Å². The smallest absolute Gasteiger partial charge is 0.306 e. The van der Waals surface area contributed by atoms with Gasteiger partial charge < -0.3 is 14.4 Å². The fraction of sp³-hybridized carbons (Fsp3) is 0.959. The Kier molecular flexibility index (Phi) is 37.1. The van der Waals surface area contributed by atoms with E-state index >= 15 is 0 Å². The molecule has 1 atom stereocenters. The van der Waals surface area contributed by atoms with Gasteiger partial charge in [-0.1, -0.05) is 156 Å². The van der Waals surface area contributed by atoms with Gasteiger partial charge in [0.05, 0.1) is 6.61 Å². The Morgan fingerprint density at radius 2 is 0.964 bits per heavy atom. The van der Waals surface area contributed by atoms with Crippen LogP contribution in [0.1, 0.15) is 233 Å². The molecule has 1 saturated heterocycles. The molecule has 0 saturated carbocycles. The quantitative estimate of drug-likeness (QED) is 0.0451. The summed E-state index contributed by atoms with van der Waals surface area (Å²) in [5.41, 5.74) is 0. The summed E-state index contributed by atoms with van der Waals surface area (Å²) in [6.07, 6.45) is 37.7. The van der Waals surface area contributed by atoms with Crippen LogP contribution in [0.4, 0.5) is 0 Å². The van der Waals surface area contributed by atoms with E-state index in [1.807, 2.05) is 0 Å². The van der Waals surface area contributed by atoms with Crippen LogP contribution in [-0.4, -0.2) is 98.3 Å². The predicted molar refractivity (Wildman–Crippen MR) is 241 cm³/mol. The first kappa shape index (κ1) is 52.8. The number of carbonyl (C=O) groups is 2. The van der Waals surface area contributed by atoms with Crippen molar-refractivity contribution in [3.8, 4) is 0 Å². The van der Waals surface area contributed by atoms with E-state index in [0.717, 1.165) is 64.6 Å². The summed E-state index contributed by atoms with van der Waals surface area (Å²) >= 11 is 0. The Labute approximate surface area is 349 Å². The van der Waals surface area contributed by atoms with Crippen LogP contribution in [0.5, 0.6) is 0 Å². The average Bonchev–Trinajstić information content (AvgIpc) is 3.19. The number of likely N-dealkylation sites (N-methyl/N-ethyl adjacent to an activating group) is 1. The van der Waals surface area contributed by atoms with E-state index in [4.69, 9.17) is 9.47 Å². The van der Waals surface area contributed by atoms with Crippen LogP contribution in [0.25, 0.3) is 0 Å². The minimum Gasteiger partial charge on any atom is -0.466 e. The first-order chi connectivity index (χ1) is 27.4. The van der Waals surface area contributed by atoms with E-state index in [1.54, 1.807) is 0 Å². The van der Waals surface area contributed by atoms with Crippen LogP contribution < -0.4 is 0 Å². The maximum Gasteiger partial charge on any atom is 0.306 e. The molecule has 0 aromatic carbocycles. The highest BCUT2D eigenvalue weighted by molar-refractivity contribution is 5.69. The lowest BCUT2D eigenvalue weighted by Crippen LogP contribution is -2.48. The zero-order valence-electron chi connectivity index (χ0n) is 38.4. The molecule has 1 fully saturated rings. The lowest BCUT2D eigenvalue weighted by molar-refractivity contribution is -0.150. The van der Waals surface area contributed by atoms with Crippen molar-refractivity contribution in [3.63, 3.8) is 0 Å². The molecule has 1 rings (SSSR count). The van der Waals surface area contributed by atoms with Gasteiger partial charge in [-0.25, -0.2) is 0 Å². The Bertz CT molecular complexity index is 848. The van der Waals surface area contributed by atoms with Crippen LogP contribution in [0.3, 0.4) is 0 Å². The van der Waals surface area contributed by atoms with Gasteiger partial charge in [-0.05, 0) is 78.3 Å². The second-order valence-electron chi connectivity index (χ2n) is 17.7. The fourth-order valence-electron chi connectivity index (χ4n) is 8.21. The number of piperazine rings is 1. The summed E-state index contributed by atoms with van der Waals surface area (Å²) in [6.45, 7) is 18.0. The molecule has 0 aromatic rings. The molecule has 1 unspecified atom stereocenters. The second-order valence-corrected chi connectivity index (χ2v) is 17.7. The molecule has 0 bridgehead atoms.